The van der Waals surface area contributed by atoms with Crippen molar-refractivity contribution in [1.82, 2.24) is 4.90 Å². The minimum atomic E-state index is 0.442. The highest BCUT2D eigenvalue weighted by molar-refractivity contribution is 5.89. The Kier molecular flexibility index (Phi) is 19.0. The second-order valence-corrected chi connectivity index (χ2v) is 7.86. The first-order valence-electron chi connectivity index (χ1n) is 12.0. The van der Waals surface area contributed by atoms with Crippen LogP contribution in [0.1, 0.15) is 80.5 Å². The molecule has 2 aromatic rings. The Balaban J connectivity index is 0.000000487. The van der Waals surface area contributed by atoms with Gasteiger partial charge in [0.25, 0.3) is 0 Å². The van der Waals surface area contributed by atoms with Gasteiger partial charge in [0.2, 0.25) is 6.41 Å². The molecule has 3 rings (SSSR count). The van der Waals surface area contributed by atoms with Crippen molar-refractivity contribution in [1.29, 1.82) is 0 Å². The number of allylic oxidation sites excluding steroid dienone is 1. The van der Waals surface area contributed by atoms with Gasteiger partial charge in [-0.1, -0.05) is 113 Å². The zero-order valence-corrected chi connectivity index (χ0v) is 20.7. The van der Waals surface area contributed by atoms with Gasteiger partial charge >= 0.3 is 0 Å². The zero-order valence-electron chi connectivity index (χ0n) is 20.7. The molecule has 1 saturated carbocycles. The summed E-state index contributed by atoms with van der Waals surface area (Å²) in [6.45, 7) is 9.21. The van der Waals surface area contributed by atoms with Crippen molar-refractivity contribution < 1.29 is 14.4 Å². The summed E-state index contributed by atoms with van der Waals surface area (Å²) in [5.74, 6) is 0.706. The number of amides is 1. The van der Waals surface area contributed by atoms with Gasteiger partial charge in [0.05, 0.1) is 0 Å². The second-order valence-electron chi connectivity index (χ2n) is 7.86. The van der Waals surface area contributed by atoms with E-state index in [-0.39, 0.29) is 0 Å². The predicted octanol–water partition coefficient (Wildman–Crippen LogP) is 7.01. The molecular weight excluding hydrogens is 410 g/mol. The molecule has 0 unspecified atom stereocenters. The molecule has 33 heavy (non-hydrogen) atoms. The standard InChI is InChI=1S/C13H23NO.C8H6O2.C6H6.C2H6/c1-12(2)7-5-6-10-14(11-15)13-8-3-4-9-13;9-5-7-3-1-2-4-8(7)6-10;1-2-4-6-5-3-1;1-2/h5-6,11-13H,3-4,7-10H2,1-2H3;1-6H;1-6H;1-2H3/b6-5-;;;. The first-order chi connectivity index (χ1) is 16.1. The molecule has 1 aliphatic carbocycles. The minimum absolute atomic E-state index is 0.442. The summed E-state index contributed by atoms with van der Waals surface area (Å²) in [6, 6.07) is 19.2. The largest absolute Gasteiger partial charge is 0.339 e. The van der Waals surface area contributed by atoms with E-state index in [1.807, 2.05) is 55.1 Å². The fourth-order valence-corrected chi connectivity index (χ4v) is 3.19. The van der Waals surface area contributed by atoms with Gasteiger partial charge in [-0.3, -0.25) is 14.4 Å². The Hall–Kier alpha value is -3.01. The molecule has 2 aromatic carbocycles. The lowest BCUT2D eigenvalue weighted by Gasteiger charge is -2.22. The topological polar surface area (TPSA) is 54.5 Å². The van der Waals surface area contributed by atoms with Gasteiger partial charge in [-0.2, -0.15) is 0 Å². The van der Waals surface area contributed by atoms with Crippen LogP contribution in [0.5, 0.6) is 0 Å². The van der Waals surface area contributed by atoms with E-state index in [0.717, 1.165) is 19.4 Å². The lowest BCUT2D eigenvalue weighted by molar-refractivity contribution is -0.119. The average Bonchev–Trinajstić information content (AvgIpc) is 3.42. The third kappa shape index (κ3) is 14.6. The van der Waals surface area contributed by atoms with Gasteiger partial charge in [-0.25, -0.2) is 0 Å². The number of carbonyl (C=O) groups excluding carboxylic acids is 3. The van der Waals surface area contributed by atoms with Crippen LogP contribution in [-0.4, -0.2) is 36.5 Å². The highest BCUT2D eigenvalue weighted by atomic mass is 16.1. The number of nitrogens with zero attached hydrogens (tertiary/aromatic N) is 1. The number of aldehydes is 2. The second kappa shape index (κ2) is 20.9. The highest BCUT2D eigenvalue weighted by Gasteiger charge is 2.19. The minimum Gasteiger partial charge on any atom is -0.339 e. The normalized spacial score (nSPS) is 12.4. The van der Waals surface area contributed by atoms with Crippen molar-refractivity contribution in [2.24, 2.45) is 5.92 Å². The van der Waals surface area contributed by atoms with E-state index in [1.165, 1.54) is 25.7 Å². The fraction of sp³-hybridized carbons (Fsp3) is 0.414. The molecule has 1 amide bonds. The summed E-state index contributed by atoms with van der Waals surface area (Å²) in [5.41, 5.74) is 0.884. The molecule has 0 aromatic heterocycles. The van der Waals surface area contributed by atoms with Crippen LogP contribution in [0.4, 0.5) is 0 Å². The van der Waals surface area contributed by atoms with Crippen molar-refractivity contribution in [2.75, 3.05) is 6.54 Å². The molecule has 4 nitrogen and oxygen atoms in total. The smallest absolute Gasteiger partial charge is 0.210 e. The maximum Gasteiger partial charge on any atom is 0.210 e. The van der Waals surface area contributed by atoms with Crippen LogP contribution in [0, 0.1) is 5.92 Å². The highest BCUT2D eigenvalue weighted by Crippen LogP contribution is 2.22. The van der Waals surface area contributed by atoms with Gasteiger partial charge in [0.1, 0.15) is 0 Å². The Morgan fingerprint density at radius 2 is 1.24 bits per heavy atom. The maximum absolute atomic E-state index is 10.9. The van der Waals surface area contributed by atoms with E-state index >= 15 is 0 Å². The summed E-state index contributed by atoms with van der Waals surface area (Å²) in [6.07, 6.45) is 12.7. The molecule has 4 heteroatoms. The summed E-state index contributed by atoms with van der Waals surface area (Å²) >= 11 is 0. The van der Waals surface area contributed by atoms with Crippen molar-refractivity contribution >= 4 is 19.0 Å². The van der Waals surface area contributed by atoms with Gasteiger partial charge in [0, 0.05) is 23.7 Å². The van der Waals surface area contributed by atoms with E-state index in [9.17, 15) is 14.4 Å². The number of hydrogen-bond acceptors (Lipinski definition) is 3. The van der Waals surface area contributed by atoms with Gasteiger partial charge in [-0.05, 0) is 25.2 Å². The van der Waals surface area contributed by atoms with Crippen molar-refractivity contribution in [3.63, 3.8) is 0 Å². The Morgan fingerprint density at radius 3 is 1.61 bits per heavy atom. The summed E-state index contributed by atoms with van der Waals surface area (Å²) in [4.78, 5) is 33.3. The third-order valence-corrected chi connectivity index (χ3v) is 4.94. The lowest BCUT2D eigenvalue weighted by atomic mass is 10.1. The third-order valence-electron chi connectivity index (χ3n) is 4.94. The number of rotatable bonds is 8. The van der Waals surface area contributed by atoms with E-state index in [1.54, 1.807) is 24.3 Å². The monoisotopic (exact) mass is 451 g/mol. The summed E-state index contributed by atoms with van der Waals surface area (Å²) in [7, 11) is 0. The Bertz CT molecular complexity index is 712. The molecular formula is C29H41NO3. The molecule has 1 fully saturated rings. The van der Waals surface area contributed by atoms with Crippen LogP contribution in [0.25, 0.3) is 0 Å². The van der Waals surface area contributed by atoms with Crippen LogP contribution in [-0.2, 0) is 4.79 Å². The van der Waals surface area contributed by atoms with E-state index in [4.69, 9.17) is 0 Å². The molecule has 0 saturated heterocycles. The Labute approximate surface area is 200 Å². The molecule has 0 atom stereocenters. The fourth-order valence-electron chi connectivity index (χ4n) is 3.19. The number of carbonyl (C=O) groups is 3. The van der Waals surface area contributed by atoms with Crippen LogP contribution in [0.3, 0.4) is 0 Å². The van der Waals surface area contributed by atoms with Crippen molar-refractivity contribution in [3.8, 4) is 0 Å². The van der Waals surface area contributed by atoms with Gasteiger partial charge in [-0.15, -0.1) is 0 Å². The maximum atomic E-state index is 10.9. The van der Waals surface area contributed by atoms with Crippen LogP contribution in [0.2, 0.25) is 0 Å². The molecule has 0 spiro atoms. The Morgan fingerprint density at radius 1 is 0.788 bits per heavy atom. The number of hydrogen-bond donors (Lipinski definition) is 0. The molecule has 0 heterocycles. The number of benzene rings is 2. The first-order valence-corrected chi connectivity index (χ1v) is 12.0. The summed E-state index contributed by atoms with van der Waals surface area (Å²) < 4.78 is 0. The van der Waals surface area contributed by atoms with Crippen LogP contribution in [0.15, 0.2) is 72.8 Å². The van der Waals surface area contributed by atoms with Crippen molar-refractivity contribution in [2.45, 2.75) is 65.8 Å². The first kappa shape index (κ1) is 30.0. The van der Waals surface area contributed by atoms with Crippen LogP contribution < -0.4 is 0 Å². The summed E-state index contributed by atoms with van der Waals surface area (Å²) in [5, 5.41) is 0. The van der Waals surface area contributed by atoms with Gasteiger partial charge < -0.3 is 4.90 Å². The molecule has 180 valence electrons. The van der Waals surface area contributed by atoms with Crippen LogP contribution >= 0.6 is 0 Å². The SMILES string of the molecule is CC.CC(C)C/C=C\CN(C=O)C1CCCC1.O=Cc1ccccc1C=O.c1ccccc1. The van der Waals surface area contributed by atoms with E-state index < -0.39 is 0 Å². The molecule has 1 aliphatic rings. The quantitative estimate of drug-likeness (QED) is 0.320. The van der Waals surface area contributed by atoms with Gasteiger partial charge in [0.15, 0.2) is 12.6 Å². The zero-order chi connectivity index (χ0) is 24.7. The molecule has 0 N–H and O–H groups in total. The molecule has 0 radical (unpaired) electrons. The lowest BCUT2D eigenvalue weighted by Crippen LogP contribution is -2.31. The van der Waals surface area contributed by atoms with E-state index in [2.05, 4.69) is 26.0 Å². The molecule has 0 aliphatic heterocycles. The predicted molar refractivity (Wildman–Crippen MR) is 139 cm³/mol. The average molecular weight is 452 g/mol. The van der Waals surface area contributed by atoms with Crippen molar-refractivity contribution in [3.05, 3.63) is 83.9 Å². The van der Waals surface area contributed by atoms with E-state index in [0.29, 0.717) is 35.7 Å². The molecule has 0 bridgehead atoms.